The van der Waals surface area contributed by atoms with Crippen molar-refractivity contribution in [2.75, 3.05) is 14.2 Å². The van der Waals surface area contributed by atoms with Crippen molar-refractivity contribution in [2.24, 2.45) is 11.3 Å². The van der Waals surface area contributed by atoms with E-state index in [2.05, 4.69) is 38.1 Å². The van der Waals surface area contributed by atoms with Gasteiger partial charge in [-0.2, -0.15) is 0 Å². The first-order valence-corrected chi connectivity index (χ1v) is 13.8. The number of carbonyl (C=O) groups excluding carboxylic acids is 1. The molecule has 1 atom stereocenters. The molecule has 2 aliphatic rings. The van der Waals surface area contributed by atoms with Crippen molar-refractivity contribution in [3.05, 3.63) is 89.2 Å². The molecule has 0 aromatic heterocycles. The van der Waals surface area contributed by atoms with Crippen LogP contribution in [0.3, 0.4) is 0 Å². The van der Waals surface area contributed by atoms with Crippen LogP contribution in [-0.4, -0.2) is 20.2 Å². The fourth-order valence-electron chi connectivity index (χ4n) is 5.76. The van der Waals surface area contributed by atoms with Crippen molar-refractivity contribution < 1.29 is 23.4 Å². The Balaban J connectivity index is 1.43. The molecule has 0 saturated heterocycles. The fraction of sp³-hybridized carbons (Fsp3) is 0.382. The van der Waals surface area contributed by atoms with Gasteiger partial charge in [-0.3, -0.25) is 4.79 Å². The molecule has 204 valence electrons. The van der Waals surface area contributed by atoms with Crippen LogP contribution in [0.1, 0.15) is 68.6 Å². The van der Waals surface area contributed by atoms with E-state index in [1.807, 2.05) is 24.3 Å². The van der Waals surface area contributed by atoms with Crippen molar-refractivity contribution in [3.63, 3.8) is 0 Å². The van der Waals surface area contributed by atoms with Gasteiger partial charge in [0.25, 0.3) is 0 Å². The topological polar surface area (TPSA) is 44.8 Å². The molecule has 39 heavy (non-hydrogen) atoms. The molecule has 3 aromatic carbocycles. The van der Waals surface area contributed by atoms with Crippen LogP contribution in [0.5, 0.6) is 11.5 Å². The molecule has 0 bridgehead atoms. The fourth-order valence-corrected chi connectivity index (χ4v) is 5.76. The first kappa shape index (κ1) is 27.0. The Morgan fingerprint density at radius 3 is 2.49 bits per heavy atom. The number of methoxy groups -OCH3 is 2. The second-order valence-corrected chi connectivity index (χ2v) is 11.4. The average Bonchev–Trinajstić information content (AvgIpc) is 3.72. The molecule has 0 heterocycles. The van der Waals surface area contributed by atoms with Crippen LogP contribution in [0.2, 0.25) is 0 Å². The lowest BCUT2D eigenvalue weighted by Crippen LogP contribution is -2.11. The second-order valence-electron chi connectivity index (χ2n) is 11.4. The molecule has 0 amide bonds. The maximum Gasteiger partial charge on any atom is 0.306 e. The molecule has 5 rings (SSSR count). The second kappa shape index (κ2) is 11.3. The van der Waals surface area contributed by atoms with Crippen LogP contribution >= 0.6 is 0 Å². The van der Waals surface area contributed by atoms with E-state index in [-0.39, 0.29) is 23.1 Å². The Labute approximate surface area is 230 Å². The largest absolute Gasteiger partial charge is 0.497 e. The number of esters is 1. The molecule has 5 heteroatoms. The van der Waals surface area contributed by atoms with Gasteiger partial charge in [0.05, 0.1) is 20.6 Å². The molecular weight excluding hydrogens is 491 g/mol. The molecule has 2 aliphatic carbocycles. The molecule has 3 aromatic rings. The van der Waals surface area contributed by atoms with Crippen LogP contribution in [0.4, 0.5) is 4.39 Å². The van der Waals surface area contributed by atoms with Gasteiger partial charge < -0.3 is 14.2 Å². The zero-order chi connectivity index (χ0) is 27.6. The zero-order valence-electron chi connectivity index (χ0n) is 23.3. The molecule has 1 saturated carbocycles. The van der Waals surface area contributed by atoms with Crippen molar-refractivity contribution in [2.45, 2.75) is 58.5 Å². The van der Waals surface area contributed by atoms with Crippen LogP contribution in [0.15, 0.2) is 66.7 Å². The van der Waals surface area contributed by atoms with Crippen LogP contribution < -0.4 is 9.47 Å². The van der Waals surface area contributed by atoms with E-state index >= 15 is 4.39 Å². The summed E-state index contributed by atoms with van der Waals surface area (Å²) in [6, 6.07) is 19.1. The number of hydrogen-bond donors (Lipinski definition) is 0. The third-order valence-corrected chi connectivity index (χ3v) is 8.18. The number of ether oxygens (including phenoxy) is 3. The lowest BCUT2D eigenvalue weighted by molar-refractivity contribution is -0.141. The zero-order valence-corrected chi connectivity index (χ0v) is 23.3. The summed E-state index contributed by atoms with van der Waals surface area (Å²) in [5.74, 6) is 1.62. The smallest absolute Gasteiger partial charge is 0.306 e. The van der Waals surface area contributed by atoms with E-state index in [1.54, 1.807) is 19.2 Å². The highest BCUT2D eigenvalue weighted by atomic mass is 19.1. The van der Waals surface area contributed by atoms with E-state index in [0.717, 1.165) is 53.7 Å². The third-order valence-electron chi connectivity index (χ3n) is 8.18. The highest BCUT2D eigenvalue weighted by molar-refractivity contribution is 5.85. The number of carbonyl (C=O) groups is 1. The standard InChI is InChI=1S/C34H37FO4/c1-34(2)16-6-9-31(34)29-17-22(10-14-27(29)30-19-25(37-3)13-15-32(30)35)21-39-26-8-5-7-24(18-26)28(23-11-12-23)20-33(36)38-4/h5,7-10,13-15,17-19,23,28H,6,11-12,16,20-21H2,1-4H3/t28-/m0/s1. The summed E-state index contributed by atoms with van der Waals surface area (Å²) in [5.41, 5.74) is 5.78. The quantitative estimate of drug-likeness (QED) is 0.248. The SMILES string of the molecule is COC(=O)C[C@H](c1cccc(OCc2ccc(-c3cc(OC)ccc3F)c(C3=CCCC3(C)C)c2)c1)C1CC1. The molecule has 1 fully saturated rings. The summed E-state index contributed by atoms with van der Waals surface area (Å²) in [5, 5.41) is 0. The Morgan fingerprint density at radius 1 is 0.974 bits per heavy atom. The molecule has 0 radical (unpaired) electrons. The minimum absolute atomic E-state index is 0.00460. The maximum absolute atomic E-state index is 15.1. The van der Waals surface area contributed by atoms with Gasteiger partial charge >= 0.3 is 5.97 Å². The van der Waals surface area contributed by atoms with E-state index in [1.165, 1.54) is 18.7 Å². The Hall–Kier alpha value is -3.60. The molecule has 0 aliphatic heterocycles. The number of halogens is 1. The minimum Gasteiger partial charge on any atom is -0.497 e. The van der Waals surface area contributed by atoms with Gasteiger partial charge in [-0.25, -0.2) is 4.39 Å². The monoisotopic (exact) mass is 528 g/mol. The highest BCUT2D eigenvalue weighted by Crippen LogP contribution is 2.48. The van der Waals surface area contributed by atoms with Gasteiger partial charge in [0, 0.05) is 5.56 Å². The lowest BCUT2D eigenvalue weighted by Gasteiger charge is -2.25. The first-order valence-electron chi connectivity index (χ1n) is 13.8. The Kier molecular flexibility index (Phi) is 7.79. The van der Waals surface area contributed by atoms with Crippen LogP contribution in [-0.2, 0) is 16.1 Å². The molecule has 0 N–H and O–H groups in total. The number of rotatable bonds is 10. The summed E-state index contributed by atoms with van der Waals surface area (Å²) >= 11 is 0. The maximum atomic E-state index is 15.1. The average molecular weight is 529 g/mol. The van der Waals surface area contributed by atoms with Crippen LogP contribution in [0.25, 0.3) is 16.7 Å². The lowest BCUT2D eigenvalue weighted by atomic mass is 9.79. The molecule has 0 unspecified atom stereocenters. The third kappa shape index (κ3) is 6.03. The molecule has 0 spiro atoms. The van der Waals surface area contributed by atoms with E-state index in [0.29, 0.717) is 30.3 Å². The van der Waals surface area contributed by atoms with Gasteiger partial charge in [0.1, 0.15) is 23.9 Å². The molecule has 4 nitrogen and oxygen atoms in total. The van der Waals surface area contributed by atoms with Crippen molar-refractivity contribution in [1.29, 1.82) is 0 Å². The predicted molar refractivity (Wildman–Crippen MR) is 152 cm³/mol. The van der Waals surface area contributed by atoms with Crippen molar-refractivity contribution in [1.82, 2.24) is 0 Å². The van der Waals surface area contributed by atoms with Gasteiger partial charge in [0.2, 0.25) is 0 Å². The highest BCUT2D eigenvalue weighted by Gasteiger charge is 2.34. The van der Waals surface area contributed by atoms with Gasteiger partial charge in [0.15, 0.2) is 0 Å². The Morgan fingerprint density at radius 2 is 1.79 bits per heavy atom. The van der Waals surface area contributed by atoms with Crippen LogP contribution in [0, 0.1) is 17.2 Å². The first-order chi connectivity index (χ1) is 18.8. The van der Waals surface area contributed by atoms with E-state index in [4.69, 9.17) is 14.2 Å². The van der Waals surface area contributed by atoms with Gasteiger partial charge in [-0.05, 0) is 107 Å². The summed E-state index contributed by atoms with van der Waals surface area (Å²) in [6.45, 7) is 4.88. The summed E-state index contributed by atoms with van der Waals surface area (Å²) < 4.78 is 31.7. The van der Waals surface area contributed by atoms with E-state index < -0.39 is 0 Å². The van der Waals surface area contributed by atoms with Crippen molar-refractivity contribution in [3.8, 4) is 22.6 Å². The summed E-state index contributed by atoms with van der Waals surface area (Å²) in [7, 11) is 3.04. The number of hydrogen-bond acceptors (Lipinski definition) is 4. The Bertz CT molecular complexity index is 1390. The van der Waals surface area contributed by atoms with Crippen molar-refractivity contribution >= 4 is 11.5 Å². The molecular formula is C34H37FO4. The normalized spacial score (nSPS) is 16.9. The number of benzene rings is 3. The summed E-state index contributed by atoms with van der Waals surface area (Å²) in [6.07, 6.45) is 7.02. The summed E-state index contributed by atoms with van der Waals surface area (Å²) in [4.78, 5) is 12.0. The van der Waals surface area contributed by atoms with Gasteiger partial charge in [-0.1, -0.05) is 44.2 Å². The number of allylic oxidation sites excluding steroid dienone is 2. The van der Waals surface area contributed by atoms with E-state index in [9.17, 15) is 4.79 Å². The minimum atomic E-state index is -0.272. The van der Waals surface area contributed by atoms with Gasteiger partial charge in [-0.15, -0.1) is 0 Å². The predicted octanol–water partition coefficient (Wildman–Crippen LogP) is 8.34.